The van der Waals surface area contributed by atoms with E-state index in [1.165, 1.54) is 0 Å². The predicted octanol–water partition coefficient (Wildman–Crippen LogP) is 3.71. The summed E-state index contributed by atoms with van der Waals surface area (Å²) in [4.78, 5) is 0. The number of anilines is 1. The molecule has 1 aromatic heterocycles. The van der Waals surface area contributed by atoms with Crippen molar-refractivity contribution in [1.29, 1.82) is 0 Å². The molecular weight excluding hydrogens is 257 g/mol. The van der Waals surface area contributed by atoms with E-state index in [9.17, 15) is 0 Å². The van der Waals surface area contributed by atoms with Gasteiger partial charge in [-0.15, -0.1) is 0 Å². The van der Waals surface area contributed by atoms with Crippen LogP contribution in [-0.4, -0.2) is 9.78 Å². The zero-order valence-corrected chi connectivity index (χ0v) is 11.0. The van der Waals surface area contributed by atoms with Gasteiger partial charge in [0.25, 0.3) is 0 Å². The highest BCUT2D eigenvalue weighted by atomic mass is 35.5. The summed E-state index contributed by atoms with van der Waals surface area (Å²) in [5.74, 6) is 0.567. The van der Waals surface area contributed by atoms with E-state index in [2.05, 4.69) is 12.0 Å². The van der Waals surface area contributed by atoms with Crippen LogP contribution in [0.4, 0.5) is 5.82 Å². The van der Waals surface area contributed by atoms with Crippen molar-refractivity contribution in [3.05, 3.63) is 40.0 Å². The summed E-state index contributed by atoms with van der Waals surface area (Å²) in [5.41, 5.74) is 7.59. The van der Waals surface area contributed by atoms with E-state index in [1.54, 1.807) is 10.7 Å². The van der Waals surface area contributed by atoms with Crippen molar-refractivity contribution >= 4 is 29.0 Å². The highest BCUT2D eigenvalue weighted by Gasteiger charge is 2.11. The zero-order chi connectivity index (χ0) is 12.4. The van der Waals surface area contributed by atoms with Crippen LogP contribution in [0.2, 0.25) is 10.0 Å². The third-order valence-corrected chi connectivity index (χ3v) is 3.26. The molecule has 0 spiro atoms. The molecule has 0 radical (unpaired) electrons. The van der Waals surface area contributed by atoms with Crippen LogP contribution in [0.3, 0.4) is 0 Å². The molecule has 0 aliphatic rings. The number of nitrogens with two attached hydrogens (primary N) is 1. The van der Waals surface area contributed by atoms with Crippen molar-refractivity contribution in [3.63, 3.8) is 0 Å². The molecule has 0 atom stereocenters. The minimum absolute atomic E-state index is 0.465. The molecule has 0 fully saturated rings. The number of nitrogens with zero attached hydrogens (tertiary/aromatic N) is 2. The number of rotatable bonds is 3. The third kappa shape index (κ3) is 2.40. The van der Waals surface area contributed by atoms with Crippen LogP contribution in [0, 0.1) is 0 Å². The quantitative estimate of drug-likeness (QED) is 0.923. The molecule has 1 aromatic carbocycles. The molecule has 0 saturated carbocycles. The molecule has 0 unspecified atom stereocenters. The van der Waals surface area contributed by atoms with Gasteiger partial charge < -0.3 is 5.73 Å². The Kier molecular flexibility index (Phi) is 3.60. The van der Waals surface area contributed by atoms with Gasteiger partial charge in [0, 0.05) is 6.07 Å². The Hall–Kier alpha value is -1.19. The molecule has 2 aromatic rings. The second-order valence-electron chi connectivity index (χ2n) is 3.80. The van der Waals surface area contributed by atoms with Crippen LogP contribution < -0.4 is 5.73 Å². The minimum atomic E-state index is 0.465. The summed E-state index contributed by atoms with van der Waals surface area (Å²) in [6.07, 6.45) is 1.93. The fraction of sp³-hybridized carbons (Fsp3) is 0.250. The lowest BCUT2D eigenvalue weighted by Gasteiger charge is -2.07. The number of nitrogen functional groups attached to an aromatic ring is 1. The first-order chi connectivity index (χ1) is 8.13. The molecule has 5 heteroatoms. The maximum absolute atomic E-state index is 6.14. The first kappa shape index (κ1) is 12.3. The van der Waals surface area contributed by atoms with Gasteiger partial charge in [0.1, 0.15) is 5.82 Å². The fourth-order valence-corrected chi connectivity index (χ4v) is 2.05. The van der Waals surface area contributed by atoms with Crippen molar-refractivity contribution in [2.24, 2.45) is 0 Å². The standard InChI is InChI=1S/C12H13Cl2N3/c1-2-4-8-7-11(15)17(16-8)10-6-3-5-9(13)12(10)14/h3,5-7H,2,4,15H2,1H3. The molecule has 0 bridgehead atoms. The molecule has 0 amide bonds. The van der Waals surface area contributed by atoms with Gasteiger partial charge in [0.05, 0.1) is 21.4 Å². The highest BCUT2D eigenvalue weighted by molar-refractivity contribution is 6.43. The lowest BCUT2D eigenvalue weighted by molar-refractivity contribution is 0.811. The van der Waals surface area contributed by atoms with E-state index < -0.39 is 0 Å². The van der Waals surface area contributed by atoms with E-state index in [0.29, 0.717) is 21.6 Å². The van der Waals surface area contributed by atoms with Crippen molar-refractivity contribution < 1.29 is 0 Å². The van der Waals surface area contributed by atoms with Gasteiger partial charge in [-0.2, -0.15) is 5.10 Å². The molecular formula is C12H13Cl2N3. The molecule has 90 valence electrons. The first-order valence-corrected chi connectivity index (χ1v) is 6.18. The van der Waals surface area contributed by atoms with Gasteiger partial charge >= 0.3 is 0 Å². The molecule has 0 aliphatic carbocycles. The number of hydrogen-bond acceptors (Lipinski definition) is 2. The summed E-state index contributed by atoms with van der Waals surface area (Å²) in [6, 6.07) is 7.26. The highest BCUT2D eigenvalue weighted by Crippen LogP contribution is 2.29. The van der Waals surface area contributed by atoms with Crippen LogP contribution in [0.5, 0.6) is 0 Å². The summed E-state index contributed by atoms with van der Waals surface area (Å²) in [7, 11) is 0. The summed E-state index contributed by atoms with van der Waals surface area (Å²) < 4.78 is 1.62. The monoisotopic (exact) mass is 269 g/mol. The van der Waals surface area contributed by atoms with Crippen LogP contribution in [0.1, 0.15) is 19.0 Å². The topological polar surface area (TPSA) is 43.8 Å². The Morgan fingerprint density at radius 3 is 2.82 bits per heavy atom. The normalized spacial score (nSPS) is 10.8. The smallest absolute Gasteiger partial charge is 0.127 e. The number of aryl methyl sites for hydroxylation is 1. The number of aromatic nitrogens is 2. The Morgan fingerprint density at radius 2 is 2.12 bits per heavy atom. The van der Waals surface area contributed by atoms with Gasteiger partial charge in [-0.3, -0.25) is 0 Å². The average molecular weight is 270 g/mol. The predicted molar refractivity (Wildman–Crippen MR) is 72.0 cm³/mol. The second kappa shape index (κ2) is 4.98. The first-order valence-electron chi connectivity index (χ1n) is 5.42. The number of benzene rings is 1. The zero-order valence-electron chi connectivity index (χ0n) is 9.45. The van der Waals surface area contributed by atoms with Crippen molar-refractivity contribution in [3.8, 4) is 5.69 Å². The fourth-order valence-electron chi connectivity index (χ4n) is 1.67. The number of hydrogen-bond donors (Lipinski definition) is 1. The van der Waals surface area contributed by atoms with Crippen LogP contribution in [0.15, 0.2) is 24.3 Å². The van der Waals surface area contributed by atoms with Crippen LogP contribution >= 0.6 is 23.2 Å². The molecule has 2 rings (SSSR count). The Labute approximate surface area is 110 Å². The van der Waals surface area contributed by atoms with Gasteiger partial charge in [0.2, 0.25) is 0 Å². The van der Waals surface area contributed by atoms with E-state index in [4.69, 9.17) is 28.9 Å². The van der Waals surface area contributed by atoms with Gasteiger partial charge in [-0.05, 0) is 18.6 Å². The second-order valence-corrected chi connectivity index (χ2v) is 4.58. The third-order valence-electron chi connectivity index (χ3n) is 2.45. The SMILES string of the molecule is CCCc1cc(N)n(-c2cccc(Cl)c2Cl)n1. The summed E-state index contributed by atoms with van der Waals surface area (Å²) in [5, 5.41) is 5.38. The van der Waals surface area contributed by atoms with Gasteiger partial charge in [0.15, 0.2) is 0 Å². The van der Waals surface area contributed by atoms with Crippen LogP contribution in [-0.2, 0) is 6.42 Å². The largest absolute Gasteiger partial charge is 0.384 e. The minimum Gasteiger partial charge on any atom is -0.384 e. The van der Waals surface area contributed by atoms with Crippen molar-refractivity contribution in [2.75, 3.05) is 5.73 Å². The Balaban J connectivity index is 2.49. The Morgan fingerprint density at radius 1 is 1.35 bits per heavy atom. The summed E-state index contributed by atoms with van der Waals surface area (Å²) >= 11 is 12.1. The Bertz CT molecular complexity index is 535. The molecule has 2 N–H and O–H groups in total. The molecule has 0 aliphatic heterocycles. The molecule has 0 saturated heterocycles. The maximum atomic E-state index is 6.14. The molecule has 17 heavy (non-hydrogen) atoms. The van der Waals surface area contributed by atoms with Crippen molar-refractivity contribution in [2.45, 2.75) is 19.8 Å². The van der Waals surface area contributed by atoms with Crippen molar-refractivity contribution in [1.82, 2.24) is 9.78 Å². The molecule has 3 nitrogen and oxygen atoms in total. The van der Waals surface area contributed by atoms with E-state index in [-0.39, 0.29) is 0 Å². The van der Waals surface area contributed by atoms with E-state index in [0.717, 1.165) is 18.5 Å². The lowest BCUT2D eigenvalue weighted by Crippen LogP contribution is -2.02. The summed E-state index contributed by atoms with van der Waals surface area (Å²) in [6.45, 7) is 2.10. The maximum Gasteiger partial charge on any atom is 0.127 e. The lowest BCUT2D eigenvalue weighted by atomic mass is 10.2. The van der Waals surface area contributed by atoms with E-state index >= 15 is 0 Å². The van der Waals surface area contributed by atoms with E-state index in [1.807, 2.05) is 18.2 Å². The number of halogens is 2. The average Bonchev–Trinajstić information content (AvgIpc) is 2.64. The van der Waals surface area contributed by atoms with Gasteiger partial charge in [-0.1, -0.05) is 42.6 Å². The molecule has 1 heterocycles. The van der Waals surface area contributed by atoms with Gasteiger partial charge in [-0.25, -0.2) is 4.68 Å². The van der Waals surface area contributed by atoms with Crippen LogP contribution in [0.25, 0.3) is 5.69 Å².